The summed E-state index contributed by atoms with van der Waals surface area (Å²) >= 11 is 1.49. The Morgan fingerprint density at radius 3 is 2.87 bits per heavy atom. The number of aromatic nitrogens is 2. The molecule has 0 bridgehead atoms. The lowest BCUT2D eigenvalue weighted by Crippen LogP contribution is -1.88. The molecule has 2 aromatic rings. The maximum Gasteiger partial charge on any atom is 0.154 e. The molecule has 0 N–H and O–H groups in total. The van der Waals surface area contributed by atoms with Crippen molar-refractivity contribution < 1.29 is 4.42 Å². The second-order valence-electron chi connectivity index (χ2n) is 2.73. The Morgan fingerprint density at radius 1 is 1.33 bits per heavy atom. The Kier molecular flexibility index (Phi) is 3.05. The maximum absolute atomic E-state index is 5.20. The molecule has 0 saturated carbocycles. The summed E-state index contributed by atoms with van der Waals surface area (Å²) in [6, 6.07) is 7.41. The van der Waals surface area contributed by atoms with E-state index in [9.17, 15) is 0 Å². The van der Waals surface area contributed by atoms with Crippen molar-refractivity contribution in [3.05, 3.63) is 30.5 Å². The van der Waals surface area contributed by atoms with Gasteiger partial charge >= 0.3 is 0 Å². The monoisotopic (exact) mass is 216 g/mol. The smallest absolute Gasteiger partial charge is 0.154 e. The number of thioether (sulfide) groups is 1. The summed E-state index contributed by atoms with van der Waals surface area (Å²) in [5.74, 6) is 3.86. The standard InChI is InChI=1S/C11H8N2OS/c1-2-8-15-11-6-5-9(12-13-11)10-4-3-7-14-10/h1,3-7H,8H2. The van der Waals surface area contributed by atoms with Gasteiger partial charge in [-0.2, -0.15) is 0 Å². The van der Waals surface area contributed by atoms with Gasteiger partial charge in [0.2, 0.25) is 0 Å². The van der Waals surface area contributed by atoms with E-state index in [4.69, 9.17) is 10.8 Å². The molecule has 4 heteroatoms. The van der Waals surface area contributed by atoms with Crippen molar-refractivity contribution in [3.8, 4) is 23.8 Å². The zero-order valence-corrected chi connectivity index (χ0v) is 8.70. The Hall–Kier alpha value is -1.73. The van der Waals surface area contributed by atoms with E-state index in [-0.39, 0.29) is 0 Å². The lowest BCUT2D eigenvalue weighted by atomic mass is 10.3. The third-order valence-corrected chi connectivity index (χ3v) is 2.54. The number of rotatable bonds is 3. The second kappa shape index (κ2) is 4.67. The van der Waals surface area contributed by atoms with Crippen LogP contribution in [0.1, 0.15) is 0 Å². The molecule has 0 aliphatic carbocycles. The van der Waals surface area contributed by atoms with Crippen LogP contribution < -0.4 is 0 Å². The van der Waals surface area contributed by atoms with Crippen LogP contribution in [0, 0.1) is 12.3 Å². The normalized spacial score (nSPS) is 9.80. The molecule has 0 unspecified atom stereocenters. The van der Waals surface area contributed by atoms with Gasteiger partial charge in [-0.1, -0.05) is 17.7 Å². The van der Waals surface area contributed by atoms with Gasteiger partial charge in [-0.05, 0) is 24.3 Å². The van der Waals surface area contributed by atoms with Crippen LogP contribution in [0.25, 0.3) is 11.5 Å². The van der Waals surface area contributed by atoms with E-state index < -0.39 is 0 Å². The minimum absolute atomic E-state index is 0.606. The first-order chi connectivity index (χ1) is 7.40. The van der Waals surface area contributed by atoms with Crippen LogP contribution in [0.15, 0.2) is 40.0 Å². The van der Waals surface area contributed by atoms with Gasteiger partial charge in [0, 0.05) is 0 Å². The van der Waals surface area contributed by atoms with Crippen LogP contribution in [0.3, 0.4) is 0 Å². The van der Waals surface area contributed by atoms with E-state index >= 15 is 0 Å². The summed E-state index contributed by atoms with van der Waals surface area (Å²) < 4.78 is 5.20. The second-order valence-corrected chi connectivity index (χ2v) is 3.72. The summed E-state index contributed by atoms with van der Waals surface area (Å²) in [5, 5.41) is 8.89. The molecule has 2 heterocycles. The highest BCUT2D eigenvalue weighted by Gasteiger charge is 2.02. The van der Waals surface area contributed by atoms with Gasteiger partial charge < -0.3 is 4.42 Å². The Bertz CT molecular complexity index is 456. The quantitative estimate of drug-likeness (QED) is 0.583. The molecular formula is C11H8N2OS. The van der Waals surface area contributed by atoms with Crippen molar-refractivity contribution in [2.24, 2.45) is 0 Å². The summed E-state index contributed by atoms with van der Waals surface area (Å²) in [6.45, 7) is 0. The molecule has 2 aromatic heterocycles. The average molecular weight is 216 g/mol. The molecule has 0 aliphatic rings. The molecule has 0 spiro atoms. The average Bonchev–Trinajstić information content (AvgIpc) is 2.80. The molecule has 0 aliphatic heterocycles. The van der Waals surface area contributed by atoms with Crippen molar-refractivity contribution in [3.63, 3.8) is 0 Å². The third-order valence-electron chi connectivity index (χ3n) is 1.72. The highest BCUT2D eigenvalue weighted by Crippen LogP contribution is 2.19. The maximum atomic E-state index is 5.20. The first-order valence-electron chi connectivity index (χ1n) is 4.34. The van der Waals surface area contributed by atoms with Crippen LogP contribution in [-0.2, 0) is 0 Å². The van der Waals surface area contributed by atoms with Crippen molar-refractivity contribution in [2.75, 3.05) is 5.75 Å². The van der Waals surface area contributed by atoms with Gasteiger partial charge in [-0.3, -0.25) is 0 Å². The summed E-state index contributed by atoms with van der Waals surface area (Å²) in [7, 11) is 0. The molecule has 15 heavy (non-hydrogen) atoms. The Morgan fingerprint density at radius 2 is 2.27 bits per heavy atom. The molecule has 3 nitrogen and oxygen atoms in total. The van der Waals surface area contributed by atoms with Crippen LogP contribution in [0.4, 0.5) is 0 Å². The molecule has 0 aromatic carbocycles. The SMILES string of the molecule is C#CCSc1ccc(-c2ccco2)nn1. The zero-order chi connectivity index (χ0) is 10.5. The van der Waals surface area contributed by atoms with Crippen molar-refractivity contribution >= 4 is 11.8 Å². The predicted octanol–water partition coefficient (Wildman–Crippen LogP) is 2.46. The van der Waals surface area contributed by atoms with Gasteiger partial charge in [0.15, 0.2) is 5.76 Å². The largest absolute Gasteiger partial charge is 0.463 e. The third kappa shape index (κ3) is 2.39. The van der Waals surface area contributed by atoms with Gasteiger partial charge in [-0.25, -0.2) is 0 Å². The van der Waals surface area contributed by atoms with Crippen molar-refractivity contribution in [1.29, 1.82) is 0 Å². The first-order valence-corrected chi connectivity index (χ1v) is 5.32. The Labute approximate surface area is 91.9 Å². The van der Waals surface area contributed by atoms with Gasteiger partial charge in [0.05, 0.1) is 12.0 Å². The fourth-order valence-electron chi connectivity index (χ4n) is 1.07. The van der Waals surface area contributed by atoms with E-state index in [1.165, 1.54) is 11.8 Å². The van der Waals surface area contributed by atoms with Crippen LogP contribution in [0.5, 0.6) is 0 Å². The zero-order valence-electron chi connectivity index (χ0n) is 7.88. The molecule has 74 valence electrons. The number of terminal acetylenes is 1. The Balaban J connectivity index is 2.15. The molecule has 2 rings (SSSR count). The number of hydrogen-bond donors (Lipinski definition) is 0. The highest BCUT2D eigenvalue weighted by atomic mass is 32.2. The number of furan rings is 1. The van der Waals surface area contributed by atoms with E-state index in [0.717, 1.165) is 16.5 Å². The minimum Gasteiger partial charge on any atom is -0.463 e. The predicted molar refractivity (Wildman–Crippen MR) is 59.3 cm³/mol. The number of hydrogen-bond acceptors (Lipinski definition) is 4. The molecule has 0 saturated heterocycles. The van der Waals surface area contributed by atoms with E-state index in [0.29, 0.717) is 5.75 Å². The summed E-state index contributed by atoms with van der Waals surface area (Å²) in [6.07, 6.45) is 6.76. The fraction of sp³-hybridized carbons (Fsp3) is 0.0909. The van der Waals surface area contributed by atoms with Crippen molar-refractivity contribution in [1.82, 2.24) is 10.2 Å². The minimum atomic E-state index is 0.606. The lowest BCUT2D eigenvalue weighted by molar-refractivity contribution is 0.578. The lowest BCUT2D eigenvalue weighted by Gasteiger charge is -1.97. The topological polar surface area (TPSA) is 38.9 Å². The number of nitrogens with zero attached hydrogens (tertiary/aromatic N) is 2. The first kappa shape index (κ1) is 9.81. The van der Waals surface area contributed by atoms with E-state index in [1.807, 2.05) is 24.3 Å². The van der Waals surface area contributed by atoms with Crippen LogP contribution >= 0.6 is 11.8 Å². The molecule has 0 amide bonds. The van der Waals surface area contributed by atoms with E-state index in [2.05, 4.69) is 16.1 Å². The van der Waals surface area contributed by atoms with E-state index in [1.54, 1.807) is 6.26 Å². The molecule has 0 atom stereocenters. The van der Waals surface area contributed by atoms with Crippen LogP contribution in [0.2, 0.25) is 0 Å². The fourth-order valence-corrected chi connectivity index (χ4v) is 1.56. The highest BCUT2D eigenvalue weighted by molar-refractivity contribution is 7.99. The van der Waals surface area contributed by atoms with Gasteiger partial charge in [-0.15, -0.1) is 16.6 Å². The molecule has 0 radical (unpaired) electrons. The van der Waals surface area contributed by atoms with Gasteiger partial charge in [0.1, 0.15) is 10.7 Å². The van der Waals surface area contributed by atoms with Gasteiger partial charge in [0.25, 0.3) is 0 Å². The molecular weight excluding hydrogens is 208 g/mol. The van der Waals surface area contributed by atoms with Crippen molar-refractivity contribution in [2.45, 2.75) is 5.03 Å². The summed E-state index contributed by atoms with van der Waals surface area (Å²) in [4.78, 5) is 0. The van der Waals surface area contributed by atoms with Crippen LogP contribution in [-0.4, -0.2) is 16.0 Å². The summed E-state index contributed by atoms with van der Waals surface area (Å²) in [5.41, 5.74) is 0.727. The molecule has 0 fully saturated rings.